The number of hydrogen-bond acceptors (Lipinski definition) is 2. The Bertz CT molecular complexity index is 937. The second-order valence-corrected chi connectivity index (χ2v) is 5.29. The van der Waals surface area contributed by atoms with E-state index in [4.69, 9.17) is 0 Å². The third kappa shape index (κ3) is 2.09. The Hall–Kier alpha value is -2.88. The van der Waals surface area contributed by atoms with E-state index in [9.17, 15) is 14.7 Å². The van der Waals surface area contributed by atoms with Gasteiger partial charge in [-0.1, -0.05) is 35.9 Å². The van der Waals surface area contributed by atoms with Gasteiger partial charge in [-0.3, -0.25) is 9.36 Å². The van der Waals surface area contributed by atoms with E-state index in [-0.39, 0.29) is 11.1 Å². The van der Waals surface area contributed by atoms with E-state index < -0.39 is 5.97 Å². The molecule has 22 heavy (non-hydrogen) atoms. The van der Waals surface area contributed by atoms with Crippen molar-refractivity contribution in [3.63, 3.8) is 0 Å². The van der Waals surface area contributed by atoms with Crippen molar-refractivity contribution in [2.24, 2.45) is 0 Å². The number of aromatic carboxylic acids is 1. The smallest absolute Gasteiger partial charge is 0.338 e. The van der Waals surface area contributed by atoms with Crippen LogP contribution in [0.5, 0.6) is 0 Å². The Morgan fingerprint density at radius 3 is 2.14 bits per heavy atom. The number of carboxylic acid groups (broad SMARTS) is 1. The van der Waals surface area contributed by atoms with Gasteiger partial charge >= 0.3 is 5.97 Å². The van der Waals surface area contributed by atoms with Gasteiger partial charge in [0.05, 0.1) is 5.56 Å². The van der Waals surface area contributed by atoms with Gasteiger partial charge in [0.15, 0.2) is 0 Å². The number of fused-ring (bicyclic) bond motifs is 1. The zero-order valence-electron chi connectivity index (χ0n) is 12.3. The summed E-state index contributed by atoms with van der Waals surface area (Å²) in [5.41, 5.74) is 2.13. The van der Waals surface area contributed by atoms with Crippen LogP contribution in [-0.4, -0.2) is 15.6 Å². The molecule has 0 fully saturated rings. The summed E-state index contributed by atoms with van der Waals surface area (Å²) >= 11 is 0. The van der Waals surface area contributed by atoms with Crippen molar-refractivity contribution >= 4 is 16.7 Å². The van der Waals surface area contributed by atoms with Crippen molar-refractivity contribution in [3.05, 3.63) is 75.7 Å². The summed E-state index contributed by atoms with van der Waals surface area (Å²) < 4.78 is 1.46. The molecule has 0 saturated carbocycles. The number of benzene rings is 2. The van der Waals surface area contributed by atoms with Crippen LogP contribution in [0.2, 0.25) is 0 Å². The molecule has 4 heteroatoms. The molecule has 0 bridgehead atoms. The number of hydrogen-bond donors (Lipinski definition) is 1. The van der Waals surface area contributed by atoms with Gasteiger partial charge < -0.3 is 5.11 Å². The first-order chi connectivity index (χ1) is 10.5. The van der Waals surface area contributed by atoms with Gasteiger partial charge in [0, 0.05) is 22.2 Å². The lowest BCUT2D eigenvalue weighted by Gasteiger charge is -2.15. The summed E-state index contributed by atoms with van der Waals surface area (Å²) in [4.78, 5) is 24.4. The molecule has 0 aliphatic heterocycles. The van der Waals surface area contributed by atoms with Gasteiger partial charge in [-0.2, -0.15) is 0 Å². The van der Waals surface area contributed by atoms with E-state index >= 15 is 0 Å². The van der Waals surface area contributed by atoms with Crippen molar-refractivity contribution < 1.29 is 9.90 Å². The first-order valence-electron chi connectivity index (χ1n) is 6.95. The number of aromatic nitrogens is 1. The maximum absolute atomic E-state index is 12.8. The highest BCUT2D eigenvalue weighted by Gasteiger charge is 2.19. The van der Waals surface area contributed by atoms with E-state index in [1.54, 1.807) is 31.2 Å². The summed E-state index contributed by atoms with van der Waals surface area (Å²) in [5.74, 6) is -1.03. The fourth-order valence-electron chi connectivity index (χ4n) is 2.74. The maximum atomic E-state index is 12.8. The predicted molar refractivity (Wildman–Crippen MR) is 86.0 cm³/mol. The molecule has 0 aliphatic carbocycles. The van der Waals surface area contributed by atoms with E-state index in [0.717, 1.165) is 5.56 Å². The minimum absolute atomic E-state index is 0.163. The van der Waals surface area contributed by atoms with Crippen LogP contribution in [0, 0.1) is 13.8 Å². The second-order valence-electron chi connectivity index (χ2n) is 5.29. The van der Waals surface area contributed by atoms with Gasteiger partial charge in [-0.25, -0.2) is 4.79 Å². The Labute approximate surface area is 127 Å². The SMILES string of the molecule is Cc1ccc(-n2c(C)c(C(=O)O)c3ccccc3c2=O)cc1. The average Bonchev–Trinajstić information content (AvgIpc) is 2.49. The van der Waals surface area contributed by atoms with Gasteiger partial charge in [-0.15, -0.1) is 0 Å². The van der Waals surface area contributed by atoms with Crippen LogP contribution in [0.3, 0.4) is 0 Å². The van der Waals surface area contributed by atoms with Crippen molar-refractivity contribution in [1.82, 2.24) is 4.57 Å². The lowest BCUT2D eigenvalue weighted by Crippen LogP contribution is -2.24. The Kier molecular flexibility index (Phi) is 3.29. The van der Waals surface area contributed by atoms with Crippen molar-refractivity contribution in [2.75, 3.05) is 0 Å². The van der Waals surface area contributed by atoms with Crippen LogP contribution in [0.25, 0.3) is 16.5 Å². The molecule has 0 radical (unpaired) electrons. The highest BCUT2D eigenvalue weighted by Crippen LogP contribution is 2.22. The Morgan fingerprint density at radius 1 is 0.955 bits per heavy atom. The van der Waals surface area contributed by atoms with E-state index in [2.05, 4.69) is 0 Å². The molecule has 0 atom stereocenters. The number of carbonyl (C=O) groups is 1. The fourth-order valence-corrected chi connectivity index (χ4v) is 2.74. The maximum Gasteiger partial charge on any atom is 0.338 e. The van der Waals surface area contributed by atoms with Crippen molar-refractivity contribution in [3.8, 4) is 5.69 Å². The first kappa shape index (κ1) is 14.1. The third-order valence-corrected chi connectivity index (χ3v) is 3.83. The predicted octanol–water partition coefficient (Wildman–Crippen LogP) is 3.31. The minimum Gasteiger partial charge on any atom is -0.478 e. The average molecular weight is 293 g/mol. The minimum atomic E-state index is -1.03. The van der Waals surface area contributed by atoms with Crippen LogP contribution >= 0.6 is 0 Å². The molecular formula is C18H15NO3. The summed E-state index contributed by atoms with van der Waals surface area (Å²) in [6.07, 6.45) is 0. The molecule has 0 unspecified atom stereocenters. The first-order valence-corrected chi connectivity index (χ1v) is 6.95. The van der Waals surface area contributed by atoms with E-state index in [1.807, 2.05) is 31.2 Å². The molecule has 3 aromatic rings. The quantitative estimate of drug-likeness (QED) is 0.788. The Morgan fingerprint density at radius 2 is 1.55 bits per heavy atom. The molecule has 3 rings (SSSR count). The summed E-state index contributed by atoms with van der Waals surface area (Å²) in [7, 11) is 0. The molecule has 110 valence electrons. The summed E-state index contributed by atoms with van der Waals surface area (Å²) in [5, 5.41) is 10.4. The molecule has 0 spiro atoms. The standard InChI is InChI=1S/C18H15NO3/c1-11-7-9-13(10-8-11)19-12(2)16(18(21)22)14-5-3-4-6-15(14)17(19)20/h3-10H,1-2H3,(H,21,22). The number of carboxylic acids is 1. The summed E-state index contributed by atoms with van der Waals surface area (Å²) in [6, 6.07) is 14.3. The van der Waals surface area contributed by atoms with Gasteiger partial charge in [0.1, 0.15) is 0 Å². The zero-order chi connectivity index (χ0) is 15.9. The lowest BCUT2D eigenvalue weighted by atomic mass is 10.0. The van der Waals surface area contributed by atoms with Crippen molar-refractivity contribution in [2.45, 2.75) is 13.8 Å². The monoisotopic (exact) mass is 293 g/mol. The van der Waals surface area contributed by atoms with Gasteiger partial charge in [-0.05, 0) is 32.0 Å². The highest BCUT2D eigenvalue weighted by molar-refractivity contribution is 6.04. The number of aryl methyl sites for hydroxylation is 1. The molecular weight excluding hydrogens is 278 g/mol. The van der Waals surface area contributed by atoms with Gasteiger partial charge in [0.25, 0.3) is 5.56 Å². The van der Waals surface area contributed by atoms with Crippen molar-refractivity contribution in [1.29, 1.82) is 0 Å². The van der Waals surface area contributed by atoms with Crippen LogP contribution in [0.15, 0.2) is 53.3 Å². The molecule has 2 aromatic carbocycles. The van der Waals surface area contributed by atoms with Crippen LogP contribution in [0.4, 0.5) is 0 Å². The van der Waals surface area contributed by atoms with Crippen LogP contribution in [0.1, 0.15) is 21.6 Å². The number of pyridine rings is 1. The molecule has 1 N–H and O–H groups in total. The fraction of sp³-hybridized carbons (Fsp3) is 0.111. The van der Waals surface area contributed by atoms with Gasteiger partial charge in [0.2, 0.25) is 0 Å². The highest BCUT2D eigenvalue weighted by atomic mass is 16.4. The second kappa shape index (κ2) is 5.15. The Balaban J connectivity index is 2.48. The summed E-state index contributed by atoms with van der Waals surface area (Å²) in [6.45, 7) is 3.62. The normalized spacial score (nSPS) is 10.8. The molecule has 1 heterocycles. The number of rotatable bonds is 2. The molecule has 0 saturated heterocycles. The topological polar surface area (TPSA) is 59.3 Å². The molecule has 4 nitrogen and oxygen atoms in total. The third-order valence-electron chi connectivity index (χ3n) is 3.83. The largest absolute Gasteiger partial charge is 0.478 e. The van der Waals surface area contributed by atoms with E-state index in [1.165, 1.54) is 4.57 Å². The van der Waals surface area contributed by atoms with Crippen LogP contribution in [-0.2, 0) is 0 Å². The lowest BCUT2D eigenvalue weighted by molar-refractivity contribution is 0.0697. The van der Waals surface area contributed by atoms with E-state index in [0.29, 0.717) is 22.2 Å². The zero-order valence-corrected chi connectivity index (χ0v) is 12.3. The molecule has 1 aromatic heterocycles. The van der Waals surface area contributed by atoms with Crippen LogP contribution < -0.4 is 5.56 Å². The molecule has 0 amide bonds. The number of nitrogens with zero attached hydrogens (tertiary/aromatic N) is 1. The molecule has 0 aliphatic rings.